The number of aliphatic hydroxyl groups is 2. The van der Waals surface area contributed by atoms with Gasteiger partial charge in [-0.1, -0.05) is 23.2 Å². The summed E-state index contributed by atoms with van der Waals surface area (Å²) in [6.07, 6.45) is 0.739. The largest absolute Gasteiger partial charge is 0.390 e. The minimum atomic E-state index is -1.08. The van der Waals surface area contributed by atoms with Gasteiger partial charge in [-0.15, -0.1) is 0 Å². The number of pyridine rings is 1. The average Bonchev–Trinajstić information content (AvgIpc) is 2.03. The van der Waals surface area contributed by atoms with E-state index in [1.807, 2.05) is 0 Å². The normalized spacial score (nSPS) is 15.5. The Morgan fingerprint density at radius 3 is 2.08 bits per heavy atom. The number of rotatable bonds is 2. The van der Waals surface area contributed by atoms with Gasteiger partial charge in [0.1, 0.15) is 6.10 Å². The molecule has 2 atom stereocenters. The Hall–Kier alpha value is -0.350. The first-order valence-electron chi connectivity index (χ1n) is 3.69. The second-order valence-electron chi connectivity index (χ2n) is 2.70. The molecular weight excluding hydrogens is 213 g/mol. The summed E-state index contributed by atoms with van der Waals surface area (Å²) in [5.74, 6) is 0. The molecule has 13 heavy (non-hydrogen) atoms. The SMILES string of the molecule is C[C@@H](O)[C@H](O)c1c(Cl)cncc1Cl. The number of aromatic nitrogens is 1. The third-order valence-corrected chi connectivity index (χ3v) is 2.25. The van der Waals surface area contributed by atoms with Gasteiger partial charge in [0.05, 0.1) is 16.1 Å². The van der Waals surface area contributed by atoms with Crippen molar-refractivity contribution in [2.75, 3.05) is 0 Å². The lowest BCUT2D eigenvalue weighted by Crippen LogP contribution is -2.14. The van der Waals surface area contributed by atoms with Crippen molar-refractivity contribution >= 4 is 23.2 Å². The van der Waals surface area contributed by atoms with Crippen molar-refractivity contribution in [2.45, 2.75) is 19.1 Å². The van der Waals surface area contributed by atoms with Gasteiger partial charge in [0, 0.05) is 18.0 Å². The molecule has 1 heterocycles. The Kier molecular flexibility index (Phi) is 3.50. The second kappa shape index (κ2) is 4.24. The molecule has 5 heteroatoms. The lowest BCUT2D eigenvalue weighted by atomic mass is 10.1. The van der Waals surface area contributed by atoms with Gasteiger partial charge in [0.25, 0.3) is 0 Å². The van der Waals surface area contributed by atoms with Gasteiger partial charge in [-0.05, 0) is 6.92 Å². The zero-order valence-electron chi connectivity index (χ0n) is 6.91. The van der Waals surface area contributed by atoms with Crippen molar-refractivity contribution in [3.63, 3.8) is 0 Å². The number of hydrogen-bond acceptors (Lipinski definition) is 3. The highest BCUT2D eigenvalue weighted by molar-refractivity contribution is 6.35. The fraction of sp³-hybridized carbons (Fsp3) is 0.375. The first-order chi connectivity index (χ1) is 6.04. The minimum Gasteiger partial charge on any atom is -0.390 e. The van der Waals surface area contributed by atoms with E-state index >= 15 is 0 Å². The summed E-state index contributed by atoms with van der Waals surface area (Å²) in [5, 5.41) is 19.1. The van der Waals surface area contributed by atoms with Crippen LogP contribution in [-0.4, -0.2) is 21.3 Å². The van der Waals surface area contributed by atoms with Crippen LogP contribution in [0.5, 0.6) is 0 Å². The Balaban J connectivity index is 3.12. The molecule has 1 rings (SSSR count). The predicted molar refractivity (Wildman–Crippen MR) is 50.9 cm³/mol. The molecule has 0 unspecified atom stereocenters. The van der Waals surface area contributed by atoms with Crippen LogP contribution in [0.4, 0.5) is 0 Å². The summed E-state index contributed by atoms with van der Waals surface area (Å²) >= 11 is 11.5. The van der Waals surface area contributed by atoms with Gasteiger partial charge >= 0.3 is 0 Å². The van der Waals surface area contributed by atoms with E-state index < -0.39 is 12.2 Å². The van der Waals surface area contributed by atoms with Gasteiger partial charge in [-0.2, -0.15) is 0 Å². The highest BCUT2D eigenvalue weighted by atomic mass is 35.5. The van der Waals surface area contributed by atoms with Gasteiger partial charge in [0.15, 0.2) is 0 Å². The molecule has 0 amide bonds. The second-order valence-corrected chi connectivity index (χ2v) is 3.52. The topological polar surface area (TPSA) is 53.4 Å². The molecule has 1 aromatic heterocycles. The maximum atomic E-state index is 9.51. The summed E-state index contributed by atoms with van der Waals surface area (Å²) in [5.41, 5.74) is 0.313. The molecule has 2 N–H and O–H groups in total. The molecule has 0 radical (unpaired) electrons. The van der Waals surface area contributed by atoms with Crippen LogP contribution in [0.2, 0.25) is 10.0 Å². The van der Waals surface area contributed by atoms with Crippen molar-refractivity contribution in [3.05, 3.63) is 28.0 Å². The van der Waals surface area contributed by atoms with E-state index in [2.05, 4.69) is 4.98 Å². The van der Waals surface area contributed by atoms with Crippen LogP contribution >= 0.6 is 23.2 Å². The maximum Gasteiger partial charge on any atom is 0.108 e. The van der Waals surface area contributed by atoms with Crippen molar-refractivity contribution in [1.82, 2.24) is 4.98 Å². The van der Waals surface area contributed by atoms with Gasteiger partial charge < -0.3 is 10.2 Å². The zero-order valence-corrected chi connectivity index (χ0v) is 8.42. The van der Waals surface area contributed by atoms with Crippen molar-refractivity contribution in [2.24, 2.45) is 0 Å². The standard InChI is InChI=1S/C8H9Cl2NO2/c1-4(12)8(13)7-5(9)2-11-3-6(7)10/h2-4,8,12-13H,1H3/t4-,8+/m1/s1. The first-order valence-corrected chi connectivity index (χ1v) is 4.44. The van der Waals surface area contributed by atoms with E-state index in [0.717, 1.165) is 0 Å². The summed E-state index contributed by atoms with van der Waals surface area (Å²) in [6, 6.07) is 0. The molecule has 0 aromatic carbocycles. The van der Waals surface area contributed by atoms with Crippen LogP contribution in [0, 0.1) is 0 Å². The van der Waals surface area contributed by atoms with E-state index in [0.29, 0.717) is 5.56 Å². The monoisotopic (exact) mass is 221 g/mol. The van der Waals surface area contributed by atoms with E-state index in [1.165, 1.54) is 19.3 Å². The third-order valence-electron chi connectivity index (χ3n) is 1.64. The van der Waals surface area contributed by atoms with Crippen LogP contribution in [0.1, 0.15) is 18.6 Å². The van der Waals surface area contributed by atoms with Crippen LogP contribution < -0.4 is 0 Å². The highest BCUT2D eigenvalue weighted by Crippen LogP contribution is 2.30. The summed E-state index contributed by atoms with van der Waals surface area (Å²) in [6.45, 7) is 1.46. The lowest BCUT2D eigenvalue weighted by Gasteiger charge is -2.16. The van der Waals surface area contributed by atoms with E-state index in [4.69, 9.17) is 28.3 Å². The highest BCUT2D eigenvalue weighted by Gasteiger charge is 2.19. The Labute approximate surface area is 85.9 Å². The van der Waals surface area contributed by atoms with Crippen molar-refractivity contribution < 1.29 is 10.2 Å². The van der Waals surface area contributed by atoms with Crippen LogP contribution in [0.25, 0.3) is 0 Å². The fourth-order valence-electron chi connectivity index (χ4n) is 0.945. The molecule has 0 bridgehead atoms. The molecule has 1 aromatic rings. The fourth-order valence-corrected chi connectivity index (χ4v) is 1.53. The molecule has 0 aliphatic carbocycles. The summed E-state index contributed by atoms with van der Waals surface area (Å²) < 4.78 is 0. The maximum absolute atomic E-state index is 9.51. The summed E-state index contributed by atoms with van der Waals surface area (Å²) in [7, 11) is 0. The number of halogens is 2. The van der Waals surface area contributed by atoms with Crippen LogP contribution in [0.3, 0.4) is 0 Å². The molecule has 0 aliphatic heterocycles. The molecule has 0 saturated heterocycles. The Morgan fingerprint density at radius 1 is 1.23 bits per heavy atom. The molecule has 0 spiro atoms. The van der Waals surface area contributed by atoms with Gasteiger partial charge in [-0.3, -0.25) is 4.98 Å². The third kappa shape index (κ3) is 2.31. The van der Waals surface area contributed by atoms with Crippen LogP contribution in [0.15, 0.2) is 12.4 Å². The molecular formula is C8H9Cl2NO2. The molecule has 3 nitrogen and oxygen atoms in total. The summed E-state index contributed by atoms with van der Waals surface area (Å²) in [4.78, 5) is 3.73. The van der Waals surface area contributed by atoms with E-state index in [9.17, 15) is 5.11 Å². The molecule has 72 valence electrons. The quantitative estimate of drug-likeness (QED) is 0.802. The minimum absolute atomic E-state index is 0.251. The predicted octanol–water partition coefficient (Wildman–Crippen LogP) is 1.80. The zero-order chi connectivity index (χ0) is 10.0. The Morgan fingerprint density at radius 2 is 1.69 bits per heavy atom. The molecule has 0 fully saturated rings. The van der Waals surface area contributed by atoms with E-state index in [1.54, 1.807) is 0 Å². The number of nitrogens with zero attached hydrogens (tertiary/aromatic N) is 1. The van der Waals surface area contributed by atoms with Gasteiger partial charge in [-0.25, -0.2) is 0 Å². The van der Waals surface area contributed by atoms with Crippen LogP contribution in [-0.2, 0) is 0 Å². The lowest BCUT2D eigenvalue weighted by molar-refractivity contribution is 0.0306. The molecule has 0 saturated carbocycles. The Bertz CT molecular complexity index is 284. The smallest absolute Gasteiger partial charge is 0.108 e. The first kappa shape index (κ1) is 10.7. The van der Waals surface area contributed by atoms with E-state index in [-0.39, 0.29) is 10.0 Å². The average molecular weight is 222 g/mol. The number of hydrogen-bond donors (Lipinski definition) is 2. The van der Waals surface area contributed by atoms with Crippen molar-refractivity contribution in [1.29, 1.82) is 0 Å². The van der Waals surface area contributed by atoms with Gasteiger partial charge in [0.2, 0.25) is 0 Å². The molecule has 0 aliphatic rings. The van der Waals surface area contributed by atoms with Crippen molar-refractivity contribution in [3.8, 4) is 0 Å². The number of aliphatic hydroxyl groups excluding tert-OH is 2.